The predicted octanol–water partition coefficient (Wildman–Crippen LogP) is 1.34. The quantitative estimate of drug-likeness (QED) is 0.594. The smallest absolute Gasteiger partial charge is 0.325 e. The molecule has 0 N–H and O–H groups in total. The third-order valence-corrected chi connectivity index (χ3v) is 2.51. The number of methoxy groups -OCH3 is 2. The van der Waals surface area contributed by atoms with Gasteiger partial charge in [0, 0.05) is 18.7 Å². The molecular formula is C14H17NO4. The van der Waals surface area contributed by atoms with Gasteiger partial charge in [-0.3, -0.25) is 9.59 Å². The maximum atomic E-state index is 11.8. The van der Waals surface area contributed by atoms with Crippen LogP contribution in [0.2, 0.25) is 0 Å². The highest BCUT2D eigenvalue weighted by Gasteiger charge is 2.10. The summed E-state index contributed by atoms with van der Waals surface area (Å²) >= 11 is 0. The van der Waals surface area contributed by atoms with E-state index in [-0.39, 0.29) is 12.5 Å². The number of nitrogens with zero attached hydrogens (tertiary/aromatic N) is 1. The molecule has 1 aromatic carbocycles. The number of carbonyl (C=O) groups excluding carboxylic acids is 2. The van der Waals surface area contributed by atoms with Gasteiger partial charge in [-0.15, -0.1) is 0 Å². The highest BCUT2D eigenvalue weighted by atomic mass is 16.5. The van der Waals surface area contributed by atoms with Crippen LogP contribution in [0.1, 0.15) is 5.56 Å². The van der Waals surface area contributed by atoms with Gasteiger partial charge in [-0.25, -0.2) is 0 Å². The Kier molecular flexibility index (Phi) is 5.60. The minimum absolute atomic E-state index is 0.0778. The van der Waals surface area contributed by atoms with E-state index >= 15 is 0 Å². The lowest BCUT2D eigenvalue weighted by Gasteiger charge is -2.13. The van der Waals surface area contributed by atoms with Crippen LogP contribution in [0.15, 0.2) is 30.3 Å². The van der Waals surface area contributed by atoms with Crippen molar-refractivity contribution in [2.24, 2.45) is 0 Å². The number of rotatable bonds is 5. The van der Waals surface area contributed by atoms with Gasteiger partial charge < -0.3 is 14.4 Å². The first-order chi connectivity index (χ1) is 9.08. The van der Waals surface area contributed by atoms with Gasteiger partial charge in [0.2, 0.25) is 5.91 Å². The number of ether oxygens (including phenoxy) is 2. The molecule has 0 unspecified atom stereocenters. The predicted molar refractivity (Wildman–Crippen MR) is 71.7 cm³/mol. The van der Waals surface area contributed by atoms with Crippen molar-refractivity contribution in [2.45, 2.75) is 0 Å². The Morgan fingerprint density at radius 1 is 1.26 bits per heavy atom. The zero-order chi connectivity index (χ0) is 14.3. The van der Waals surface area contributed by atoms with Crippen LogP contribution in [-0.2, 0) is 14.3 Å². The minimum Gasteiger partial charge on any atom is -0.496 e. The van der Waals surface area contributed by atoms with Crippen molar-refractivity contribution in [1.82, 2.24) is 4.90 Å². The van der Waals surface area contributed by atoms with Crippen molar-refractivity contribution in [2.75, 3.05) is 27.8 Å². The fourth-order valence-corrected chi connectivity index (χ4v) is 1.43. The summed E-state index contributed by atoms with van der Waals surface area (Å²) in [6.45, 7) is -0.0778. The van der Waals surface area contributed by atoms with Crippen LogP contribution in [0.25, 0.3) is 6.08 Å². The van der Waals surface area contributed by atoms with Crippen molar-refractivity contribution in [3.05, 3.63) is 35.9 Å². The van der Waals surface area contributed by atoms with Crippen LogP contribution in [0.4, 0.5) is 0 Å². The van der Waals surface area contributed by atoms with E-state index in [4.69, 9.17) is 4.74 Å². The Hall–Kier alpha value is -2.30. The first kappa shape index (κ1) is 14.8. The van der Waals surface area contributed by atoms with Crippen LogP contribution < -0.4 is 4.74 Å². The third kappa shape index (κ3) is 4.46. The number of esters is 1. The van der Waals surface area contributed by atoms with Crippen molar-refractivity contribution in [1.29, 1.82) is 0 Å². The summed E-state index contributed by atoms with van der Waals surface area (Å²) in [7, 11) is 4.38. The first-order valence-electron chi connectivity index (χ1n) is 5.71. The molecule has 0 aliphatic rings. The van der Waals surface area contributed by atoms with E-state index in [1.807, 2.05) is 24.3 Å². The van der Waals surface area contributed by atoms with Crippen LogP contribution in [0.3, 0.4) is 0 Å². The Bertz CT molecular complexity index is 482. The van der Waals surface area contributed by atoms with Crippen molar-refractivity contribution in [3.63, 3.8) is 0 Å². The lowest BCUT2D eigenvalue weighted by Crippen LogP contribution is -2.31. The summed E-state index contributed by atoms with van der Waals surface area (Å²) in [4.78, 5) is 24.1. The van der Waals surface area contributed by atoms with Gasteiger partial charge in [0.25, 0.3) is 0 Å². The molecular weight excluding hydrogens is 246 g/mol. The minimum atomic E-state index is -0.457. The van der Waals surface area contributed by atoms with Gasteiger partial charge in [0.15, 0.2) is 0 Å². The molecule has 5 heteroatoms. The maximum Gasteiger partial charge on any atom is 0.325 e. The van der Waals surface area contributed by atoms with Crippen molar-refractivity contribution < 1.29 is 19.1 Å². The summed E-state index contributed by atoms with van der Waals surface area (Å²) in [6.07, 6.45) is 3.04. The zero-order valence-electron chi connectivity index (χ0n) is 11.3. The van der Waals surface area contributed by atoms with Gasteiger partial charge in [0.05, 0.1) is 14.2 Å². The number of hydrogen-bond donors (Lipinski definition) is 0. The van der Waals surface area contributed by atoms with Gasteiger partial charge in [-0.05, 0) is 12.1 Å². The molecule has 0 radical (unpaired) electrons. The highest BCUT2D eigenvalue weighted by Crippen LogP contribution is 2.18. The lowest BCUT2D eigenvalue weighted by atomic mass is 10.2. The fraction of sp³-hybridized carbons (Fsp3) is 0.286. The van der Waals surface area contributed by atoms with Crippen LogP contribution in [0.5, 0.6) is 5.75 Å². The molecule has 1 aromatic rings. The van der Waals surface area contributed by atoms with E-state index in [9.17, 15) is 9.59 Å². The number of hydrogen-bond acceptors (Lipinski definition) is 4. The number of para-hydroxylation sites is 1. The van der Waals surface area contributed by atoms with Crippen LogP contribution in [0, 0.1) is 0 Å². The summed E-state index contributed by atoms with van der Waals surface area (Å²) in [5.74, 6) is -0.0555. The SMILES string of the molecule is COC(=O)CN(C)C(=O)/C=C/c1ccccc1OC. The second-order valence-electron chi connectivity index (χ2n) is 3.85. The normalized spacial score (nSPS) is 10.3. The van der Waals surface area contributed by atoms with E-state index in [1.165, 1.54) is 25.1 Å². The molecule has 5 nitrogen and oxygen atoms in total. The molecule has 0 saturated heterocycles. The Labute approximate surface area is 112 Å². The van der Waals surface area contributed by atoms with E-state index in [2.05, 4.69) is 4.74 Å². The molecule has 0 saturated carbocycles. The van der Waals surface area contributed by atoms with E-state index in [0.29, 0.717) is 5.75 Å². The molecule has 0 heterocycles. The summed E-state index contributed by atoms with van der Waals surface area (Å²) in [5.41, 5.74) is 0.796. The number of benzene rings is 1. The second kappa shape index (κ2) is 7.20. The van der Waals surface area contributed by atoms with Crippen LogP contribution in [-0.4, -0.2) is 44.6 Å². The summed E-state index contributed by atoms with van der Waals surface area (Å²) < 4.78 is 9.66. The Morgan fingerprint density at radius 3 is 2.58 bits per heavy atom. The average molecular weight is 263 g/mol. The van der Waals surface area contributed by atoms with Gasteiger partial charge in [-0.1, -0.05) is 18.2 Å². The van der Waals surface area contributed by atoms with Gasteiger partial charge in [0.1, 0.15) is 12.3 Å². The molecule has 102 valence electrons. The Balaban J connectivity index is 2.70. The van der Waals surface area contributed by atoms with E-state index in [0.717, 1.165) is 5.56 Å². The Morgan fingerprint density at radius 2 is 1.95 bits per heavy atom. The highest BCUT2D eigenvalue weighted by molar-refractivity contribution is 5.93. The zero-order valence-corrected chi connectivity index (χ0v) is 11.3. The molecule has 0 aromatic heterocycles. The van der Waals surface area contributed by atoms with Gasteiger partial charge >= 0.3 is 5.97 Å². The molecule has 1 amide bonds. The standard InChI is InChI=1S/C14H17NO4/c1-15(10-14(17)19-3)13(16)9-8-11-6-4-5-7-12(11)18-2/h4-9H,10H2,1-3H3/b9-8+. The second-order valence-corrected chi connectivity index (χ2v) is 3.85. The number of likely N-dealkylation sites (N-methyl/N-ethyl adjacent to an activating group) is 1. The third-order valence-electron chi connectivity index (χ3n) is 2.51. The largest absolute Gasteiger partial charge is 0.496 e. The molecule has 0 aliphatic heterocycles. The number of carbonyl (C=O) groups is 2. The van der Waals surface area contributed by atoms with Crippen molar-refractivity contribution >= 4 is 18.0 Å². The summed E-state index contributed by atoms with van der Waals surface area (Å²) in [5, 5.41) is 0. The molecule has 19 heavy (non-hydrogen) atoms. The average Bonchev–Trinajstić information content (AvgIpc) is 2.44. The van der Waals surface area contributed by atoms with E-state index < -0.39 is 5.97 Å². The maximum absolute atomic E-state index is 11.8. The lowest BCUT2D eigenvalue weighted by molar-refractivity contribution is -0.144. The van der Waals surface area contributed by atoms with E-state index in [1.54, 1.807) is 13.2 Å². The molecule has 0 fully saturated rings. The molecule has 0 aliphatic carbocycles. The van der Waals surface area contributed by atoms with Crippen LogP contribution >= 0.6 is 0 Å². The summed E-state index contributed by atoms with van der Waals surface area (Å²) in [6, 6.07) is 7.34. The molecule has 0 spiro atoms. The fourth-order valence-electron chi connectivity index (χ4n) is 1.43. The monoisotopic (exact) mass is 263 g/mol. The first-order valence-corrected chi connectivity index (χ1v) is 5.71. The number of amides is 1. The molecule has 1 rings (SSSR count). The topological polar surface area (TPSA) is 55.8 Å². The molecule has 0 atom stereocenters. The van der Waals surface area contributed by atoms with Gasteiger partial charge in [-0.2, -0.15) is 0 Å². The molecule has 0 bridgehead atoms. The van der Waals surface area contributed by atoms with Crippen molar-refractivity contribution in [3.8, 4) is 5.75 Å².